The maximum absolute atomic E-state index is 8.95. The first kappa shape index (κ1) is 13.3. The van der Waals surface area contributed by atoms with Crippen molar-refractivity contribution < 1.29 is 9.47 Å². The maximum Gasteiger partial charge on any atom is 0.143 e. The molecule has 0 spiro atoms. The minimum atomic E-state index is 0.125. The lowest BCUT2D eigenvalue weighted by molar-refractivity contribution is -0.0923. The minimum absolute atomic E-state index is 0.125. The molecule has 2 fully saturated rings. The summed E-state index contributed by atoms with van der Waals surface area (Å²) in [7, 11) is 1.63. The molecule has 1 aliphatic carbocycles. The van der Waals surface area contributed by atoms with Crippen LogP contribution >= 0.6 is 0 Å². The topological polar surface area (TPSA) is 54.3 Å². The summed E-state index contributed by atoms with van der Waals surface area (Å²) in [5.74, 6) is 1.30. The Hall–Kier alpha value is -1.73. The summed E-state index contributed by atoms with van der Waals surface area (Å²) in [5, 5.41) is 12.5. The lowest BCUT2D eigenvalue weighted by atomic mass is 9.57. The smallest absolute Gasteiger partial charge is 0.143 e. The van der Waals surface area contributed by atoms with Crippen LogP contribution in [0.2, 0.25) is 0 Å². The van der Waals surface area contributed by atoms with E-state index in [2.05, 4.69) is 25.2 Å². The quantitative estimate of drug-likeness (QED) is 0.919. The molecule has 20 heavy (non-hydrogen) atoms. The molecule has 1 heterocycles. The van der Waals surface area contributed by atoms with Crippen molar-refractivity contribution >= 4 is 5.69 Å². The van der Waals surface area contributed by atoms with Crippen molar-refractivity contribution in [3.8, 4) is 11.8 Å². The summed E-state index contributed by atoms with van der Waals surface area (Å²) >= 11 is 0. The molecule has 0 radical (unpaired) electrons. The third-order valence-electron chi connectivity index (χ3n) is 4.74. The van der Waals surface area contributed by atoms with E-state index >= 15 is 0 Å². The van der Waals surface area contributed by atoms with E-state index in [1.807, 2.05) is 12.1 Å². The van der Waals surface area contributed by atoms with Crippen LogP contribution in [0.5, 0.6) is 5.75 Å². The SMILES string of the molecule is COc1cc(C#N)ccc1NC1C2CCOC2C1(C)C. The fourth-order valence-corrected chi connectivity index (χ4v) is 3.66. The van der Waals surface area contributed by atoms with Gasteiger partial charge in [-0.2, -0.15) is 5.26 Å². The molecule has 0 bridgehead atoms. The number of rotatable bonds is 3. The highest BCUT2D eigenvalue weighted by atomic mass is 16.5. The van der Waals surface area contributed by atoms with Crippen molar-refractivity contribution in [3.63, 3.8) is 0 Å². The van der Waals surface area contributed by atoms with Gasteiger partial charge in [0.15, 0.2) is 0 Å². The molecule has 2 aliphatic rings. The Morgan fingerprint density at radius 1 is 1.45 bits per heavy atom. The van der Waals surface area contributed by atoms with Gasteiger partial charge in [0, 0.05) is 30.0 Å². The summed E-state index contributed by atoms with van der Waals surface area (Å²) in [4.78, 5) is 0. The van der Waals surface area contributed by atoms with Gasteiger partial charge in [0.2, 0.25) is 0 Å². The van der Waals surface area contributed by atoms with Crippen molar-refractivity contribution in [1.29, 1.82) is 5.26 Å². The molecule has 3 rings (SSSR count). The van der Waals surface area contributed by atoms with Crippen molar-refractivity contribution in [1.82, 2.24) is 0 Å². The van der Waals surface area contributed by atoms with Crippen LogP contribution in [0.4, 0.5) is 5.69 Å². The first-order valence-electron chi connectivity index (χ1n) is 7.04. The average molecular weight is 272 g/mol. The number of nitrogens with zero attached hydrogens (tertiary/aromatic N) is 1. The van der Waals surface area contributed by atoms with Gasteiger partial charge in [0.05, 0.1) is 30.5 Å². The highest BCUT2D eigenvalue weighted by Gasteiger charge is 2.59. The van der Waals surface area contributed by atoms with E-state index in [1.54, 1.807) is 13.2 Å². The van der Waals surface area contributed by atoms with E-state index < -0.39 is 0 Å². The number of fused-ring (bicyclic) bond motifs is 1. The number of ether oxygens (including phenoxy) is 2. The Morgan fingerprint density at radius 2 is 2.25 bits per heavy atom. The van der Waals surface area contributed by atoms with Crippen LogP contribution in [0.15, 0.2) is 18.2 Å². The number of hydrogen-bond donors (Lipinski definition) is 1. The molecule has 1 saturated carbocycles. The monoisotopic (exact) mass is 272 g/mol. The zero-order chi connectivity index (χ0) is 14.3. The average Bonchev–Trinajstić information content (AvgIpc) is 2.91. The van der Waals surface area contributed by atoms with Crippen LogP contribution in [-0.4, -0.2) is 25.9 Å². The van der Waals surface area contributed by atoms with E-state index in [4.69, 9.17) is 14.7 Å². The van der Waals surface area contributed by atoms with Crippen molar-refractivity contribution in [2.75, 3.05) is 19.0 Å². The molecule has 0 aromatic heterocycles. The Balaban J connectivity index is 1.83. The Labute approximate surface area is 119 Å². The first-order chi connectivity index (χ1) is 9.57. The zero-order valence-corrected chi connectivity index (χ0v) is 12.1. The van der Waals surface area contributed by atoms with Gasteiger partial charge in [0.25, 0.3) is 0 Å². The van der Waals surface area contributed by atoms with Crippen LogP contribution < -0.4 is 10.1 Å². The molecule has 3 atom stereocenters. The molecule has 0 amide bonds. The minimum Gasteiger partial charge on any atom is -0.495 e. The number of nitrogens with one attached hydrogen (secondary N) is 1. The first-order valence-corrected chi connectivity index (χ1v) is 7.04. The van der Waals surface area contributed by atoms with E-state index in [0.717, 1.165) is 24.5 Å². The summed E-state index contributed by atoms with van der Waals surface area (Å²) in [6.45, 7) is 5.35. The highest BCUT2D eigenvalue weighted by Crippen LogP contribution is 2.53. The van der Waals surface area contributed by atoms with E-state index in [1.165, 1.54) is 0 Å². The fourth-order valence-electron chi connectivity index (χ4n) is 3.66. The normalized spacial score (nSPS) is 30.0. The molecule has 1 aromatic rings. The van der Waals surface area contributed by atoms with E-state index in [9.17, 15) is 0 Å². The zero-order valence-electron chi connectivity index (χ0n) is 12.1. The van der Waals surface area contributed by atoms with E-state index in [-0.39, 0.29) is 5.41 Å². The van der Waals surface area contributed by atoms with Crippen LogP contribution in [0.3, 0.4) is 0 Å². The van der Waals surface area contributed by atoms with Crippen molar-refractivity contribution in [2.45, 2.75) is 32.4 Å². The molecule has 4 nitrogen and oxygen atoms in total. The Kier molecular flexibility index (Phi) is 3.10. The summed E-state index contributed by atoms with van der Waals surface area (Å²) < 4.78 is 11.2. The van der Waals surface area contributed by atoms with Crippen LogP contribution in [0.25, 0.3) is 0 Å². The predicted octanol–water partition coefficient (Wildman–Crippen LogP) is 2.79. The lowest BCUT2D eigenvalue weighted by Crippen LogP contribution is -2.63. The summed E-state index contributed by atoms with van der Waals surface area (Å²) in [6.07, 6.45) is 1.48. The second kappa shape index (κ2) is 4.68. The van der Waals surface area contributed by atoms with Gasteiger partial charge in [-0.1, -0.05) is 13.8 Å². The van der Waals surface area contributed by atoms with Gasteiger partial charge in [-0.05, 0) is 18.6 Å². The second-order valence-electron chi connectivity index (χ2n) is 6.21. The predicted molar refractivity (Wildman–Crippen MR) is 76.7 cm³/mol. The van der Waals surface area contributed by atoms with Gasteiger partial charge in [-0.15, -0.1) is 0 Å². The summed E-state index contributed by atoms with van der Waals surface area (Å²) in [6, 6.07) is 8.04. The molecule has 3 unspecified atom stereocenters. The number of anilines is 1. The Bertz CT molecular complexity index is 562. The third kappa shape index (κ3) is 1.85. The third-order valence-corrected chi connectivity index (χ3v) is 4.74. The number of nitriles is 1. The molecule has 106 valence electrons. The maximum atomic E-state index is 8.95. The van der Waals surface area contributed by atoms with Crippen LogP contribution in [-0.2, 0) is 4.74 Å². The molecule has 1 aliphatic heterocycles. The van der Waals surface area contributed by atoms with Gasteiger partial charge < -0.3 is 14.8 Å². The highest BCUT2D eigenvalue weighted by molar-refractivity contribution is 5.60. The van der Waals surface area contributed by atoms with Crippen molar-refractivity contribution in [3.05, 3.63) is 23.8 Å². The molecular weight excluding hydrogens is 252 g/mol. The number of benzene rings is 1. The summed E-state index contributed by atoms with van der Waals surface area (Å²) in [5.41, 5.74) is 1.69. The van der Waals surface area contributed by atoms with Gasteiger partial charge in [0.1, 0.15) is 5.75 Å². The molecular formula is C16H20N2O2. The van der Waals surface area contributed by atoms with Gasteiger partial charge in [-0.3, -0.25) is 0 Å². The largest absolute Gasteiger partial charge is 0.495 e. The second-order valence-corrected chi connectivity index (χ2v) is 6.21. The standard InChI is InChI=1S/C16H20N2O2/c1-16(2)14(11-6-7-20-15(11)16)18-12-5-4-10(9-17)8-13(12)19-3/h4-5,8,11,14-15,18H,6-7H2,1-3H3. The molecule has 1 aromatic carbocycles. The van der Waals surface area contributed by atoms with Crippen molar-refractivity contribution in [2.24, 2.45) is 11.3 Å². The number of methoxy groups -OCH3 is 1. The number of hydrogen-bond acceptors (Lipinski definition) is 4. The van der Waals surface area contributed by atoms with Gasteiger partial charge >= 0.3 is 0 Å². The van der Waals surface area contributed by atoms with E-state index in [0.29, 0.717) is 23.6 Å². The van der Waals surface area contributed by atoms with Crippen LogP contribution in [0, 0.1) is 22.7 Å². The fraction of sp³-hybridized carbons (Fsp3) is 0.562. The molecule has 1 N–H and O–H groups in total. The van der Waals surface area contributed by atoms with Gasteiger partial charge in [-0.25, -0.2) is 0 Å². The lowest BCUT2D eigenvalue weighted by Gasteiger charge is -2.55. The Morgan fingerprint density at radius 3 is 2.95 bits per heavy atom. The van der Waals surface area contributed by atoms with Crippen LogP contribution in [0.1, 0.15) is 25.8 Å². The molecule has 1 saturated heterocycles. The molecule has 4 heteroatoms.